The second-order valence-electron chi connectivity index (χ2n) is 3.72. The minimum atomic E-state index is -0.0269. The Balaban J connectivity index is 2.83. The molecule has 3 heteroatoms. The molecule has 0 fully saturated rings. The van der Waals surface area contributed by atoms with E-state index in [1.165, 1.54) is 0 Å². The van der Waals surface area contributed by atoms with Crippen molar-refractivity contribution >= 4 is 0 Å². The smallest absolute Gasteiger partial charge is 0.118 e. The fourth-order valence-electron chi connectivity index (χ4n) is 1.65. The number of methoxy groups -OCH3 is 1. The van der Waals surface area contributed by atoms with Gasteiger partial charge in [-0.25, -0.2) is 0 Å². The molecule has 1 aromatic rings. The van der Waals surface area contributed by atoms with E-state index in [-0.39, 0.29) is 12.1 Å². The number of benzene rings is 1. The summed E-state index contributed by atoms with van der Waals surface area (Å²) >= 11 is 0. The van der Waals surface area contributed by atoms with E-state index in [9.17, 15) is 0 Å². The Labute approximate surface area is 97.6 Å². The zero-order valence-electron chi connectivity index (χ0n) is 10.3. The molecule has 1 aromatic carbocycles. The average molecular weight is 223 g/mol. The average Bonchev–Trinajstić information content (AvgIpc) is 2.35. The number of ether oxygens (including phenoxy) is 2. The summed E-state index contributed by atoms with van der Waals surface area (Å²) < 4.78 is 10.8. The molecule has 0 amide bonds. The summed E-state index contributed by atoms with van der Waals surface area (Å²) in [7, 11) is 1.66. The van der Waals surface area contributed by atoms with Gasteiger partial charge in [0.25, 0.3) is 0 Å². The first kappa shape index (κ1) is 13.0. The van der Waals surface area contributed by atoms with E-state index >= 15 is 0 Å². The lowest BCUT2D eigenvalue weighted by Crippen LogP contribution is -2.29. The molecule has 0 saturated carbocycles. The van der Waals surface area contributed by atoms with Crippen LogP contribution in [0, 0.1) is 0 Å². The van der Waals surface area contributed by atoms with Crippen LogP contribution in [0.15, 0.2) is 24.3 Å². The van der Waals surface area contributed by atoms with Crippen LogP contribution < -0.4 is 10.5 Å². The second kappa shape index (κ2) is 6.51. The van der Waals surface area contributed by atoms with Crippen molar-refractivity contribution in [2.24, 2.45) is 5.73 Å². The van der Waals surface area contributed by atoms with Crippen molar-refractivity contribution in [2.45, 2.75) is 32.4 Å². The Kier molecular flexibility index (Phi) is 5.29. The van der Waals surface area contributed by atoms with E-state index in [0.29, 0.717) is 6.61 Å². The minimum Gasteiger partial charge on any atom is -0.497 e. The highest BCUT2D eigenvalue weighted by molar-refractivity contribution is 5.29. The van der Waals surface area contributed by atoms with Crippen LogP contribution in [0.3, 0.4) is 0 Å². The molecule has 3 nitrogen and oxygen atoms in total. The van der Waals surface area contributed by atoms with E-state index in [0.717, 1.165) is 17.7 Å². The molecule has 0 spiro atoms. The first-order chi connectivity index (χ1) is 7.72. The summed E-state index contributed by atoms with van der Waals surface area (Å²) in [5, 5.41) is 0. The quantitative estimate of drug-likeness (QED) is 0.806. The largest absolute Gasteiger partial charge is 0.497 e. The maximum atomic E-state index is 6.05. The molecular weight excluding hydrogens is 202 g/mol. The second-order valence-corrected chi connectivity index (χ2v) is 3.72. The van der Waals surface area contributed by atoms with Crippen LogP contribution >= 0.6 is 0 Å². The Hall–Kier alpha value is -1.06. The van der Waals surface area contributed by atoms with E-state index in [1.54, 1.807) is 7.11 Å². The predicted octanol–water partition coefficient (Wildman–Crippen LogP) is 2.51. The molecular formula is C13H21NO2. The summed E-state index contributed by atoms with van der Waals surface area (Å²) in [6.45, 7) is 4.73. The number of hydrogen-bond acceptors (Lipinski definition) is 3. The molecule has 16 heavy (non-hydrogen) atoms. The van der Waals surface area contributed by atoms with Crippen molar-refractivity contribution in [3.63, 3.8) is 0 Å². The Morgan fingerprint density at radius 1 is 1.19 bits per heavy atom. The lowest BCUT2D eigenvalue weighted by Gasteiger charge is -2.23. The summed E-state index contributed by atoms with van der Waals surface area (Å²) in [4.78, 5) is 0. The van der Waals surface area contributed by atoms with Crippen LogP contribution in [0.2, 0.25) is 0 Å². The van der Waals surface area contributed by atoms with Crippen molar-refractivity contribution < 1.29 is 9.47 Å². The molecule has 0 bridgehead atoms. The van der Waals surface area contributed by atoms with Crippen LogP contribution in [0.25, 0.3) is 0 Å². The number of hydrogen-bond donors (Lipinski definition) is 1. The Bertz CT molecular complexity index is 297. The van der Waals surface area contributed by atoms with E-state index in [4.69, 9.17) is 15.2 Å². The SMILES string of the molecule is CCOC(c1ccc(OC)cc1)C(N)CC. The van der Waals surface area contributed by atoms with Crippen LogP contribution in [-0.4, -0.2) is 19.8 Å². The Morgan fingerprint density at radius 3 is 2.25 bits per heavy atom. The zero-order chi connectivity index (χ0) is 12.0. The van der Waals surface area contributed by atoms with Gasteiger partial charge in [0.2, 0.25) is 0 Å². The first-order valence-electron chi connectivity index (χ1n) is 5.74. The van der Waals surface area contributed by atoms with Crippen LogP contribution in [0.4, 0.5) is 0 Å². The third-order valence-electron chi connectivity index (χ3n) is 2.65. The van der Waals surface area contributed by atoms with Gasteiger partial charge < -0.3 is 15.2 Å². The summed E-state index contributed by atoms with van der Waals surface area (Å²) in [6.07, 6.45) is 0.873. The number of nitrogens with two attached hydrogens (primary N) is 1. The molecule has 1 rings (SSSR count). The van der Waals surface area contributed by atoms with Gasteiger partial charge in [-0.1, -0.05) is 19.1 Å². The lowest BCUT2D eigenvalue weighted by molar-refractivity contribution is 0.0423. The fraction of sp³-hybridized carbons (Fsp3) is 0.538. The van der Waals surface area contributed by atoms with E-state index in [1.807, 2.05) is 31.2 Å². The predicted molar refractivity (Wildman–Crippen MR) is 65.6 cm³/mol. The summed E-state index contributed by atoms with van der Waals surface area (Å²) in [5.74, 6) is 0.851. The van der Waals surface area contributed by atoms with Crippen molar-refractivity contribution in [2.75, 3.05) is 13.7 Å². The molecule has 90 valence electrons. The van der Waals surface area contributed by atoms with E-state index in [2.05, 4.69) is 6.92 Å². The molecule has 0 aromatic heterocycles. The maximum Gasteiger partial charge on any atom is 0.118 e. The third kappa shape index (κ3) is 3.22. The van der Waals surface area contributed by atoms with Gasteiger partial charge in [0.05, 0.1) is 13.2 Å². The normalized spacial score (nSPS) is 14.5. The van der Waals surface area contributed by atoms with Crippen LogP contribution in [0.1, 0.15) is 31.9 Å². The van der Waals surface area contributed by atoms with Gasteiger partial charge in [0.15, 0.2) is 0 Å². The lowest BCUT2D eigenvalue weighted by atomic mass is 10.0. The van der Waals surface area contributed by atoms with E-state index < -0.39 is 0 Å². The highest BCUT2D eigenvalue weighted by atomic mass is 16.5. The van der Waals surface area contributed by atoms with Crippen molar-refractivity contribution in [1.29, 1.82) is 0 Å². The van der Waals surface area contributed by atoms with Crippen LogP contribution in [0.5, 0.6) is 5.75 Å². The van der Waals surface area contributed by atoms with Gasteiger partial charge in [0.1, 0.15) is 5.75 Å². The van der Waals surface area contributed by atoms with Gasteiger partial charge in [0, 0.05) is 12.6 Å². The number of rotatable bonds is 6. The summed E-state index contributed by atoms with van der Waals surface area (Å²) in [6, 6.07) is 7.92. The van der Waals surface area contributed by atoms with Crippen molar-refractivity contribution in [1.82, 2.24) is 0 Å². The summed E-state index contributed by atoms with van der Waals surface area (Å²) in [5.41, 5.74) is 7.16. The van der Waals surface area contributed by atoms with Gasteiger partial charge in [-0.05, 0) is 31.0 Å². The zero-order valence-corrected chi connectivity index (χ0v) is 10.3. The highest BCUT2D eigenvalue weighted by Gasteiger charge is 2.18. The molecule has 2 N–H and O–H groups in total. The monoisotopic (exact) mass is 223 g/mol. The van der Waals surface area contributed by atoms with Gasteiger partial charge >= 0.3 is 0 Å². The van der Waals surface area contributed by atoms with Crippen LogP contribution in [-0.2, 0) is 4.74 Å². The van der Waals surface area contributed by atoms with Crippen molar-refractivity contribution in [3.05, 3.63) is 29.8 Å². The fourth-order valence-corrected chi connectivity index (χ4v) is 1.65. The van der Waals surface area contributed by atoms with Gasteiger partial charge in [-0.15, -0.1) is 0 Å². The highest BCUT2D eigenvalue weighted by Crippen LogP contribution is 2.24. The van der Waals surface area contributed by atoms with Gasteiger partial charge in [-0.3, -0.25) is 0 Å². The van der Waals surface area contributed by atoms with Crippen molar-refractivity contribution in [3.8, 4) is 5.75 Å². The standard InChI is InChI=1S/C13H21NO2/c1-4-12(14)13(16-5-2)10-6-8-11(15-3)9-7-10/h6-9,12-13H,4-5,14H2,1-3H3. The molecule has 2 atom stereocenters. The minimum absolute atomic E-state index is 0.0269. The molecule has 0 saturated heterocycles. The molecule has 0 aliphatic carbocycles. The Morgan fingerprint density at radius 2 is 1.81 bits per heavy atom. The molecule has 0 radical (unpaired) electrons. The molecule has 0 aliphatic rings. The molecule has 0 heterocycles. The molecule has 2 unspecified atom stereocenters. The third-order valence-corrected chi connectivity index (χ3v) is 2.65. The first-order valence-corrected chi connectivity index (χ1v) is 5.74. The maximum absolute atomic E-state index is 6.05. The molecule has 0 aliphatic heterocycles. The van der Waals surface area contributed by atoms with Gasteiger partial charge in [-0.2, -0.15) is 0 Å². The topological polar surface area (TPSA) is 44.5 Å².